The Hall–Kier alpha value is -2.65. The van der Waals surface area contributed by atoms with Crippen LogP contribution >= 0.6 is 0 Å². The van der Waals surface area contributed by atoms with Gasteiger partial charge in [0, 0.05) is 58.2 Å². The average molecular weight is 400 g/mol. The molecule has 0 aliphatic carbocycles. The van der Waals surface area contributed by atoms with Crippen LogP contribution in [0.1, 0.15) is 17.6 Å². The fourth-order valence-corrected chi connectivity index (χ4v) is 3.79. The lowest BCUT2D eigenvalue weighted by molar-refractivity contribution is 0.0119. The third-order valence-electron chi connectivity index (χ3n) is 5.42. The molecular formula is C20H28N6O3. The number of carbonyl (C=O) groups is 1. The van der Waals surface area contributed by atoms with E-state index in [0.29, 0.717) is 38.8 Å². The molecule has 2 aromatic heterocycles. The van der Waals surface area contributed by atoms with Crippen molar-refractivity contribution in [3.63, 3.8) is 0 Å². The number of aromatic nitrogens is 2. The minimum absolute atomic E-state index is 0.00978. The number of urea groups is 1. The Labute approximate surface area is 170 Å². The van der Waals surface area contributed by atoms with Crippen molar-refractivity contribution in [3.05, 3.63) is 42.1 Å². The van der Waals surface area contributed by atoms with E-state index >= 15 is 0 Å². The highest BCUT2D eigenvalue weighted by Gasteiger charge is 2.27. The predicted octanol–water partition coefficient (Wildman–Crippen LogP) is 1.28. The van der Waals surface area contributed by atoms with E-state index in [-0.39, 0.29) is 12.1 Å². The van der Waals surface area contributed by atoms with E-state index in [9.17, 15) is 4.79 Å². The Morgan fingerprint density at radius 1 is 1.10 bits per heavy atom. The zero-order valence-corrected chi connectivity index (χ0v) is 16.8. The molecule has 4 heterocycles. The maximum Gasteiger partial charge on any atom is 0.317 e. The van der Waals surface area contributed by atoms with Gasteiger partial charge < -0.3 is 24.3 Å². The van der Waals surface area contributed by atoms with Crippen LogP contribution in [0, 0.1) is 6.92 Å². The van der Waals surface area contributed by atoms with Gasteiger partial charge in [-0.2, -0.15) is 0 Å². The highest BCUT2D eigenvalue weighted by atomic mass is 16.5. The number of piperazine rings is 1. The summed E-state index contributed by atoms with van der Waals surface area (Å²) >= 11 is 0. The van der Waals surface area contributed by atoms with Gasteiger partial charge in [-0.1, -0.05) is 0 Å². The summed E-state index contributed by atoms with van der Waals surface area (Å²) in [6.07, 6.45) is 3.48. The van der Waals surface area contributed by atoms with E-state index in [0.717, 1.165) is 37.7 Å². The number of rotatable bonds is 5. The van der Waals surface area contributed by atoms with E-state index in [1.807, 2.05) is 24.0 Å². The minimum Gasteiger partial charge on any atom is -0.465 e. The van der Waals surface area contributed by atoms with E-state index in [1.54, 1.807) is 18.5 Å². The average Bonchev–Trinajstić information content (AvgIpc) is 3.21. The summed E-state index contributed by atoms with van der Waals surface area (Å²) in [7, 11) is 0. The summed E-state index contributed by atoms with van der Waals surface area (Å²) < 4.78 is 11.3. The summed E-state index contributed by atoms with van der Waals surface area (Å²) in [4.78, 5) is 27.6. The summed E-state index contributed by atoms with van der Waals surface area (Å²) in [5.74, 6) is 2.48. The van der Waals surface area contributed by atoms with Crippen LogP contribution in [0.4, 0.5) is 10.7 Å². The predicted molar refractivity (Wildman–Crippen MR) is 108 cm³/mol. The molecule has 1 N–H and O–H groups in total. The Morgan fingerprint density at radius 3 is 2.48 bits per heavy atom. The number of hydrogen-bond acceptors (Lipinski definition) is 7. The number of carbonyl (C=O) groups excluding carboxylic acids is 1. The van der Waals surface area contributed by atoms with Gasteiger partial charge in [-0.25, -0.2) is 14.8 Å². The lowest BCUT2D eigenvalue weighted by atomic mass is 10.1. The second-order valence-corrected chi connectivity index (χ2v) is 7.32. The molecule has 2 aliphatic heterocycles. The van der Waals surface area contributed by atoms with Gasteiger partial charge in [0.05, 0.1) is 19.3 Å². The number of nitrogens with one attached hydrogen (secondary N) is 1. The van der Waals surface area contributed by atoms with Gasteiger partial charge in [0.2, 0.25) is 5.95 Å². The maximum atomic E-state index is 12.8. The van der Waals surface area contributed by atoms with Gasteiger partial charge in [-0.05, 0) is 25.1 Å². The molecule has 4 rings (SSSR count). The fourth-order valence-electron chi connectivity index (χ4n) is 3.79. The zero-order chi connectivity index (χ0) is 20.1. The molecule has 156 valence electrons. The zero-order valence-electron chi connectivity index (χ0n) is 16.8. The highest BCUT2D eigenvalue weighted by molar-refractivity contribution is 5.74. The number of aryl methyl sites for hydroxylation is 1. The summed E-state index contributed by atoms with van der Waals surface area (Å²) in [5.41, 5.74) is 0. The van der Waals surface area contributed by atoms with E-state index in [2.05, 4.69) is 25.1 Å². The fraction of sp³-hybridized carbons (Fsp3) is 0.550. The highest BCUT2D eigenvalue weighted by Crippen LogP contribution is 2.23. The summed E-state index contributed by atoms with van der Waals surface area (Å²) in [6.45, 7) is 8.25. The normalized spacial score (nSPS) is 19.2. The minimum atomic E-state index is -0.0415. The molecule has 2 aromatic rings. The lowest BCUT2D eigenvalue weighted by Gasteiger charge is -2.36. The van der Waals surface area contributed by atoms with Crippen molar-refractivity contribution < 1.29 is 13.9 Å². The first-order valence-electron chi connectivity index (χ1n) is 10.1. The molecule has 1 atom stereocenters. The molecule has 9 heteroatoms. The maximum absolute atomic E-state index is 12.8. The van der Waals surface area contributed by atoms with Gasteiger partial charge in [0.25, 0.3) is 0 Å². The molecule has 29 heavy (non-hydrogen) atoms. The van der Waals surface area contributed by atoms with Gasteiger partial charge in [-0.15, -0.1) is 0 Å². The summed E-state index contributed by atoms with van der Waals surface area (Å²) in [5, 5.41) is 3.11. The number of nitrogens with zero attached hydrogens (tertiary/aromatic N) is 5. The number of ether oxygens (including phenoxy) is 1. The molecule has 9 nitrogen and oxygen atoms in total. The molecule has 0 bridgehead atoms. The third-order valence-corrected chi connectivity index (χ3v) is 5.42. The van der Waals surface area contributed by atoms with E-state index < -0.39 is 0 Å². The van der Waals surface area contributed by atoms with Crippen molar-refractivity contribution in [2.45, 2.75) is 13.0 Å². The van der Waals surface area contributed by atoms with Gasteiger partial charge >= 0.3 is 6.03 Å². The van der Waals surface area contributed by atoms with Crippen LogP contribution in [0.5, 0.6) is 0 Å². The number of furan rings is 1. The number of anilines is 1. The molecule has 0 aromatic carbocycles. The monoisotopic (exact) mass is 400 g/mol. The molecule has 2 aliphatic rings. The van der Waals surface area contributed by atoms with Crippen LogP contribution < -0.4 is 10.2 Å². The van der Waals surface area contributed by atoms with Crippen LogP contribution in [0.2, 0.25) is 0 Å². The quantitative estimate of drug-likeness (QED) is 0.809. The van der Waals surface area contributed by atoms with Crippen molar-refractivity contribution >= 4 is 12.0 Å². The van der Waals surface area contributed by atoms with Crippen LogP contribution in [0.25, 0.3) is 0 Å². The molecule has 1 unspecified atom stereocenters. The van der Waals surface area contributed by atoms with Crippen LogP contribution in [0.15, 0.2) is 35.0 Å². The standard InChI is InChI=1S/C20H28N6O3/c1-16-3-4-18(29-16)17(24-11-13-28-14-12-24)15-23-20(27)26-9-7-25(8-10-26)19-21-5-2-6-22-19/h2-6,17H,7-15H2,1H3,(H,23,27). The van der Waals surface area contributed by atoms with E-state index in [1.165, 1.54) is 0 Å². The van der Waals surface area contributed by atoms with Gasteiger partial charge in [0.15, 0.2) is 0 Å². The second-order valence-electron chi connectivity index (χ2n) is 7.32. The van der Waals surface area contributed by atoms with Crippen molar-refractivity contribution in [1.82, 2.24) is 25.1 Å². The molecule has 2 amide bonds. The molecule has 0 saturated carbocycles. The van der Waals surface area contributed by atoms with Crippen molar-refractivity contribution in [1.29, 1.82) is 0 Å². The third kappa shape index (κ3) is 4.86. The van der Waals surface area contributed by atoms with E-state index in [4.69, 9.17) is 9.15 Å². The largest absolute Gasteiger partial charge is 0.465 e. The van der Waals surface area contributed by atoms with Gasteiger partial charge in [0.1, 0.15) is 11.5 Å². The molecule has 0 spiro atoms. The SMILES string of the molecule is Cc1ccc(C(CNC(=O)N2CCN(c3ncccn3)CC2)N2CCOCC2)o1. The molecular weight excluding hydrogens is 372 g/mol. The second kappa shape index (κ2) is 9.23. The summed E-state index contributed by atoms with van der Waals surface area (Å²) in [6, 6.07) is 5.74. The number of amides is 2. The lowest BCUT2D eigenvalue weighted by Crippen LogP contribution is -2.53. The van der Waals surface area contributed by atoms with Crippen LogP contribution in [-0.2, 0) is 4.74 Å². The van der Waals surface area contributed by atoms with Crippen molar-refractivity contribution in [2.24, 2.45) is 0 Å². The first-order valence-corrected chi connectivity index (χ1v) is 10.1. The van der Waals surface area contributed by atoms with Crippen LogP contribution in [0.3, 0.4) is 0 Å². The Bertz CT molecular complexity index is 785. The van der Waals surface area contributed by atoms with Crippen molar-refractivity contribution in [2.75, 3.05) is 63.9 Å². The molecule has 2 fully saturated rings. The van der Waals surface area contributed by atoms with Gasteiger partial charge in [-0.3, -0.25) is 4.90 Å². The number of hydrogen-bond donors (Lipinski definition) is 1. The Balaban J connectivity index is 1.32. The first kappa shape index (κ1) is 19.7. The Morgan fingerprint density at radius 2 is 1.83 bits per heavy atom. The number of morpholine rings is 1. The smallest absolute Gasteiger partial charge is 0.317 e. The Kier molecular flexibility index (Phi) is 6.26. The molecule has 0 radical (unpaired) electrons. The topological polar surface area (TPSA) is 87.0 Å². The molecule has 2 saturated heterocycles. The van der Waals surface area contributed by atoms with Crippen molar-refractivity contribution in [3.8, 4) is 0 Å². The first-order chi connectivity index (χ1) is 14.2. The van der Waals surface area contributed by atoms with Crippen LogP contribution in [-0.4, -0.2) is 84.8 Å².